The Morgan fingerprint density at radius 3 is 1.88 bits per heavy atom. The zero-order valence-electron chi connectivity index (χ0n) is 10.7. The lowest BCUT2D eigenvalue weighted by atomic mass is 10.0. The molecule has 4 N–H and O–H groups in total. The SMILES string of the molecule is CN(C(=O)NC(C)(C)C(N)=O)C(C)(C)C(=O)O. The van der Waals surface area contributed by atoms with Crippen LogP contribution in [0, 0.1) is 0 Å². The number of nitrogens with two attached hydrogens (primary N) is 1. The van der Waals surface area contributed by atoms with Gasteiger partial charge in [0.25, 0.3) is 0 Å². The number of carboxylic acid groups (broad SMARTS) is 1. The first-order valence-corrected chi connectivity index (χ1v) is 5.02. The number of hydrogen-bond donors (Lipinski definition) is 3. The van der Waals surface area contributed by atoms with Gasteiger partial charge in [-0.15, -0.1) is 0 Å². The summed E-state index contributed by atoms with van der Waals surface area (Å²) in [6, 6.07) is -0.679. The maximum Gasteiger partial charge on any atom is 0.329 e. The number of hydrogen-bond acceptors (Lipinski definition) is 3. The highest BCUT2D eigenvalue weighted by Gasteiger charge is 2.37. The maximum atomic E-state index is 11.8. The molecule has 0 aromatic carbocycles. The van der Waals surface area contributed by atoms with Crippen molar-refractivity contribution in [2.45, 2.75) is 38.8 Å². The topological polar surface area (TPSA) is 113 Å². The molecule has 98 valence electrons. The molecular weight excluding hydrogens is 226 g/mol. The molecule has 7 nitrogen and oxygen atoms in total. The molecule has 0 heterocycles. The van der Waals surface area contributed by atoms with Crippen molar-refractivity contribution < 1.29 is 19.5 Å². The average Bonchev–Trinajstić information content (AvgIpc) is 2.15. The summed E-state index contributed by atoms with van der Waals surface area (Å²) in [7, 11) is 1.33. The first kappa shape index (κ1) is 15.2. The third-order valence-corrected chi connectivity index (χ3v) is 2.70. The van der Waals surface area contributed by atoms with E-state index in [4.69, 9.17) is 10.8 Å². The second kappa shape index (κ2) is 4.60. The Kier molecular flexibility index (Phi) is 4.12. The van der Waals surface area contributed by atoms with Gasteiger partial charge in [0, 0.05) is 7.05 Å². The molecule has 0 saturated heterocycles. The monoisotopic (exact) mass is 245 g/mol. The molecule has 0 aliphatic rings. The minimum absolute atomic E-state index is 0.679. The Bertz CT molecular complexity index is 349. The van der Waals surface area contributed by atoms with Gasteiger partial charge in [-0.05, 0) is 27.7 Å². The molecule has 0 radical (unpaired) electrons. The summed E-state index contributed by atoms with van der Waals surface area (Å²) >= 11 is 0. The van der Waals surface area contributed by atoms with Crippen LogP contribution in [0.25, 0.3) is 0 Å². The van der Waals surface area contributed by atoms with Crippen molar-refractivity contribution in [1.29, 1.82) is 0 Å². The quantitative estimate of drug-likeness (QED) is 0.634. The molecule has 3 amide bonds. The lowest BCUT2D eigenvalue weighted by Crippen LogP contribution is -2.60. The molecule has 0 fully saturated rings. The van der Waals surface area contributed by atoms with Crippen molar-refractivity contribution in [3.05, 3.63) is 0 Å². The number of urea groups is 1. The van der Waals surface area contributed by atoms with Gasteiger partial charge in [0.1, 0.15) is 11.1 Å². The lowest BCUT2D eigenvalue weighted by molar-refractivity contribution is -0.146. The van der Waals surface area contributed by atoms with E-state index in [1.165, 1.54) is 34.7 Å². The highest BCUT2D eigenvalue weighted by molar-refractivity contribution is 5.91. The number of carboxylic acids is 1. The van der Waals surface area contributed by atoms with Crippen LogP contribution in [0.2, 0.25) is 0 Å². The fourth-order valence-electron chi connectivity index (χ4n) is 0.810. The molecule has 0 rings (SSSR count). The molecule has 0 saturated carbocycles. The molecule has 0 aliphatic carbocycles. The number of amides is 3. The van der Waals surface area contributed by atoms with Gasteiger partial charge in [-0.25, -0.2) is 9.59 Å². The number of carbonyl (C=O) groups excluding carboxylic acids is 2. The summed E-state index contributed by atoms with van der Waals surface area (Å²) in [4.78, 5) is 34.7. The second-order valence-corrected chi connectivity index (χ2v) is 4.84. The van der Waals surface area contributed by atoms with E-state index in [2.05, 4.69) is 5.32 Å². The number of nitrogens with one attached hydrogen (secondary N) is 1. The van der Waals surface area contributed by atoms with Crippen LogP contribution in [0.5, 0.6) is 0 Å². The van der Waals surface area contributed by atoms with Crippen LogP contribution in [0.4, 0.5) is 4.79 Å². The van der Waals surface area contributed by atoms with Crippen LogP contribution in [0.3, 0.4) is 0 Å². The van der Waals surface area contributed by atoms with Crippen LogP contribution in [0.1, 0.15) is 27.7 Å². The van der Waals surface area contributed by atoms with E-state index < -0.39 is 29.0 Å². The van der Waals surface area contributed by atoms with Gasteiger partial charge in [0.05, 0.1) is 0 Å². The fourth-order valence-corrected chi connectivity index (χ4v) is 0.810. The molecule has 0 bridgehead atoms. The van der Waals surface area contributed by atoms with Crippen LogP contribution in [-0.2, 0) is 9.59 Å². The predicted molar refractivity (Wildman–Crippen MR) is 61.3 cm³/mol. The summed E-state index contributed by atoms with van der Waals surface area (Å²) in [6.45, 7) is 5.64. The van der Waals surface area contributed by atoms with Crippen molar-refractivity contribution in [1.82, 2.24) is 10.2 Å². The summed E-state index contributed by atoms with van der Waals surface area (Å²) in [5.74, 6) is -1.85. The van der Waals surface area contributed by atoms with E-state index in [9.17, 15) is 14.4 Å². The summed E-state index contributed by atoms with van der Waals surface area (Å²) in [5.41, 5.74) is 2.49. The Balaban J connectivity index is 4.87. The Morgan fingerprint density at radius 2 is 1.59 bits per heavy atom. The number of carbonyl (C=O) groups is 3. The smallest absolute Gasteiger partial charge is 0.329 e. The Hall–Kier alpha value is -1.79. The second-order valence-electron chi connectivity index (χ2n) is 4.84. The maximum absolute atomic E-state index is 11.8. The number of nitrogens with zero attached hydrogens (tertiary/aromatic N) is 1. The average molecular weight is 245 g/mol. The van der Waals surface area contributed by atoms with Gasteiger partial charge in [-0.2, -0.15) is 0 Å². The van der Waals surface area contributed by atoms with E-state index in [0.29, 0.717) is 0 Å². The van der Waals surface area contributed by atoms with E-state index in [-0.39, 0.29) is 0 Å². The van der Waals surface area contributed by atoms with Gasteiger partial charge in [0.15, 0.2) is 0 Å². The summed E-state index contributed by atoms with van der Waals surface area (Å²) in [5, 5.41) is 11.3. The minimum atomic E-state index is -1.38. The molecule has 0 atom stereocenters. The Morgan fingerprint density at radius 1 is 1.18 bits per heavy atom. The van der Waals surface area contributed by atoms with E-state index in [0.717, 1.165) is 4.90 Å². The zero-order chi connectivity index (χ0) is 14.0. The van der Waals surface area contributed by atoms with Gasteiger partial charge >= 0.3 is 12.0 Å². The molecule has 0 aromatic heterocycles. The van der Waals surface area contributed by atoms with Crippen molar-refractivity contribution >= 4 is 17.9 Å². The molecule has 17 heavy (non-hydrogen) atoms. The molecular formula is C10H19N3O4. The zero-order valence-corrected chi connectivity index (χ0v) is 10.7. The first-order chi connectivity index (χ1) is 7.43. The highest BCUT2D eigenvalue weighted by Crippen LogP contribution is 2.13. The van der Waals surface area contributed by atoms with Crippen molar-refractivity contribution in [2.75, 3.05) is 7.05 Å². The number of likely N-dealkylation sites (N-methyl/N-ethyl adjacent to an activating group) is 1. The van der Waals surface area contributed by atoms with E-state index in [1.807, 2.05) is 0 Å². The van der Waals surface area contributed by atoms with Crippen LogP contribution in [0.15, 0.2) is 0 Å². The number of rotatable bonds is 4. The highest BCUT2D eigenvalue weighted by atomic mass is 16.4. The number of primary amides is 1. The summed E-state index contributed by atoms with van der Waals surface area (Å²) < 4.78 is 0. The van der Waals surface area contributed by atoms with Gasteiger partial charge in [-0.1, -0.05) is 0 Å². The van der Waals surface area contributed by atoms with Crippen molar-refractivity contribution in [3.63, 3.8) is 0 Å². The molecule has 0 spiro atoms. The van der Waals surface area contributed by atoms with Crippen molar-refractivity contribution in [2.24, 2.45) is 5.73 Å². The molecule has 7 heteroatoms. The normalized spacial score (nSPS) is 11.8. The molecule has 0 aliphatic heterocycles. The van der Waals surface area contributed by atoms with Crippen molar-refractivity contribution in [3.8, 4) is 0 Å². The van der Waals surface area contributed by atoms with Gasteiger partial charge in [0.2, 0.25) is 5.91 Å². The number of aliphatic carboxylic acids is 1. The molecule has 0 aromatic rings. The lowest BCUT2D eigenvalue weighted by Gasteiger charge is -2.34. The molecule has 0 unspecified atom stereocenters. The summed E-state index contributed by atoms with van der Waals surface area (Å²) in [6.07, 6.45) is 0. The predicted octanol–water partition coefficient (Wildman–Crippen LogP) is -0.245. The minimum Gasteiger partial charge on any atom is -0.480 e. The third-order valence-electron chi connectivity index (χ3n) is 2.70. The Labute approximate surface area is 100.0 Å². The first-order valence-electron chi connectivity index (χ1n) is 5.02. The van der Waals surface area contributed by atoms with Gasteiger partial charge in [-0.3, -0.25) is 4.79 Å². The van der Waals surface area contributed by atoms with Crippen LogP contribution < -0.4 is 11.1 Å². The van der Waals surface area contributed by atoms with Crippen LogP contribution in [-0.4, -0.2) is 46.0 Å². The fraction of sp³-hybridized carbons (Fsp3) is 0.700. The van der Waals surface area contributed by atoms with Gasteiger partial charge < -0.3 is 21.1 Å². The standard InChI is InChI=1S/C10H19N3O4/c1-9(2,6(11)14)12-8(17)13(5)10(3,4)7(15)16/h1-5H3,(H2,11,14)(H,12,17)(H,15,16). The van der Waals surface area contributed by atoms with Crippen LogP contribution >= 0.6 is 0 Å². The largest absolute Gasteiger partial charge is 0.480 e. The van der Waals surface area contributed by atoms with E-state index in [1.54, 1.807) is 0 Å². The van der Waals surface area contributed by atoms with E-state index >= 15 is 0 Å². The third kappa shape index (κ3) is 3.33.